The molecular weight excluding hydrogens is 637 g/mol. The van der Waals surface area contributed by atoms with Crippen LogP contribution < -0.4 is 11.1 Å². The number of nitrogens with one attached hydrogen (secondary N) is 1. The maximum atomic E-state index is 12.4. The fourth-order valence-electron chi connectivity index (χ4n) is 8.15. The fourth-order valence-corrected chi connectivity index (χ4v) is 8.49. The van der Waals surface area contributed by atoms with E-state index in [0.717, 1.165) is 85.4 Å². The van der Waals surface area contributed by atoms with Crippen molar-refractivity contribution in [3.05, 3.63) is 91.5 Å². The number of aliphatic imine (C=N–C) groups is 3. The SMILES string of the molecule is CCC1=C(C)C2=NC1=CC1=C(C)C3=C(O)CC(=C4NC(=CC5=NC(=C2)C([C@@]2(C)N=N[C@](O)(P)[C@@]2(C)N)=C5C)C(C)C4CCC(=O)OC)C3=N1. The van der Waals surface area contributed by atoms with Gasteiger partial charge in [0.05, 0.1) is 46.9 Å². The molecule has 0 radical (unpaired) electrons. The van der Waals surface area contributed by atoms with Crippen LogP contribution in [0.25, 0.3) is 0 Å². The van der Waals surface area contributed by atoms with Crippen LogP contribution in [-0.2, 0) is 9.53 Å². The van der Waals surface area contributed by atoms with Crippen LogP contribution in [0, 0.1) is 11.8 Å². The summed E-state index contributed by atoms with van der Waals surface area (Å²) in [4.78, 5) is 27.8. The Morgan fingerprint density at radius 3 is 2.41 bits per heavy atom. The Kier molecular flexibility index (Phi) is 7.67. The molecule has 12 heteroatoms. The third kappa shape index (κ3) is 4.72. The first-order valence-electron chi connectivity index (χ1n) is 16.8. The summed E-state index contributed by atoms with van der Waals surface area (Å²) in [5, 5.41) is 35.1. The van der Waals surface area contributed by atoms with Crippen molar-refractivity contribution in [2.24, 2.45) is 42.8 Å². The normalized spacial score (nSPS) is 33.4. The number of esters is 1. The summed E-state index contributed by atoms with van der Waals surface area (Å²) >= 11 is 0. The third-order valence-corrected chi connectivity index (χ3v) is 12.3. The Bertz CT molecular complexity index is 2030. The number of fused-ring (bicyclic) bond motifs is 5. The zero-order valence-electron chi connectivity index (χ0n) is 29.3. The standard InChI is InChI=1S/C37H44N7O4P/c1-9-20-16(2)23-15-28-32(35(6)36(7,38)37(47,49)44-43-35)19(5)26(40-28)13-24-17(3)21(10-11-30(46)48-8)33(41-24)22-12-29(45)31-18(4)25(42-34(22)31)14-27(20)39-23/h13-15,17,21,41,45,47H,9-12,38,49H2,1-8H3/t17?,21?,35-,36+,37-/m1/s1. The second kappa shape index (κ2) is 11.2. The van der Waals surface area contributed by atoms with Crippen molar-refractivity contribution in [3.63, 3.8) is 0 Å². The van der Waals surface area contributed by atoms with Gasteiger partial charge < -0.3 is 26.0 Å². The summed E-state index contributed by atoms with van der Waals surface area (Å²) in [6.07, 6.45) is 7.97. The number of carbonyl (C=O) groups excluding carboxylic acids is 1. The Balaban J connectivity index is 1.49. The molecule has 6 aliphatic heterocycles. The number of nitrogens with two attached hydrogens (primary N) is 1. The number of aliphatic hydroxyl groups is 2. The van der Waals surface area contributed by atoms with E-state index in [1.165, 1.54) is 7.11 Å². The molecule has 1 aliphatic carbocycles. The monoisotopic (exact) mass is 681 g/mol. The van der Waals surface area contributed by atoms with E-state index in [2.05, 4.69) is 51.6 Å². The molecule has 6 atom stereocenters. The molecule has 1 saturated heterocycles. The summed E-state index contributed by atoms with van der Waals surface area (Å²) in [7, 11) is 3.76. The van der Waals surface area contributed by atoms with Crippen molar-refractivity contribution in [3.8, 4) is 0 Å². The molecule has 11 nitrogen and oxygen atoms in total. The van der Waals surface area contributed by atoms with Crippen molar-refractivity contribution in [2.75, 3.05) is 7.11 Å². The van der Waals surface area contributed by atoms with Crippen LogP contribution in [0.3, 0.4) is 0 Å². The quantitative estimate of drug-likeness (QED) is 0.203. The second-order valence-corrected chi connectivity index (χ2v) is 15.1. The number of nitrogens with zero attached hydrogens (tertiary/aromatic N) is 5. The van der Waals surface area contributed by atoms with Crippen LogP contribution >= 0.6 is 9.24 Å². The minimum Gasteiger partial charge on any atom is -0.511 e. The van der Waals surface area contributed by atoms with Crippen LogP contribution in [-0.4, -0.2) is 57.0 Å². The van der Waals surface area contributed by atoms with Gasteiger partial charge in [-0.25, -0.2) is 15.0 Å². The molecule has 7 aliphatic rings. The zero-order valence-corrected chi connectivity index (χ0v) is 30.5. The van der Waals surface area contributed by atoms with Crippen LogP contribution in [0.5, 0.6) is 0 Å². The van der Waals surface area contributed by atoms with Gasteiger partial charge in [-0.3, -0.25) is 4.79 Å². The first-order chi connectivity index (χ1) is 23.0. The van der Waals surface area contributed by atoms with Gasteiger partial charge in [0.15, 0.2) is 0 Å². The number of aliphatic hydroxyl groups excluding tert-OH is 1. The molecule has 0 amide bonds. The number of azo groups is 1. The van der Waals surface area contributed by atoms with Gasteiger partial charge in [0.25, 0.3) is 0 Å². The lowest BCUT2D eigenvalue weighted by Crippen LogP contribution is -2.64. The smallest absolute Gasteiger partial charge is 0.305 e. The van der Waals surface area contributed by atoms with Crippen molar-refractivity contribution in [2.45, 2.75) is 90.7 Å². The molecule has 1 fully saturated rings. The number of allylic oxidation sites excluding steroid dienone is 11. The molecule has 5 N–H and O–H groups in total. The molecule has 6 heterocycles. The molecule has 8 bridgehead atoms. The maximum absolute atomic E-state index is 12.4. The van der Waals surface area contributed by atoms with Crippen molar-refractivity contribution in [1.29, 1.82) is 0 Å². The third-order valence-electron chi connectivity index (χ3n) is 11.6. The van der Waals surface area contributed by atoms with E-state index < -0.39 is 16.5 Å². The van der Waals surface area contributed by atoms with Crippen molar-refractivity contribution in [1.82, 2.24) is 5.32 Å². The highest BCUT2D eigenvalue weighted by molar-refractivity contribution is 7.18. The van der Waals surface area contributed by atoms with Gasteiger partial charge in [-0.15, -0.1) is 0 Å². The average Bonchev–Trinajstić information content (AvgIpc) is 3.83. The molecule has 0 saturated carbocycles. The van der Waals surface area contributed by atoms with E-state index >= 15 is 0 Å². The highest BCUT2D eigenvalue weighted by atomic mass is 31.0. The average molecular weight is 682 g/mol. The Morgan fingerprint density at radius 2 is 1.76 bits per heavy atom. The summed E-state index contributed by atoms with van der Waals surface area (Å²) in [5.74, 6) is -0.0598. The molecule has 49 heavy (non-hydrogen) atoms. The van der Waals surface area contributed by atoms with Crippen LogP contribution in [0.15, 0.2) is 117 Å². The van der Waals surface area contributed by atoms with Crippen LogP contribution in [0.1, 0.15) is 74.1 Å². The number of ether oxygens (including phenoxy) is 1. The molecule has 0 aromatic carbocycles. The number of hydrogen-bond donors (Lipinski definition) is 4. The van der Waals surface area contributed by atoms with Gasteiger partial charge in [-0.1, -0.05) is 23.1 Å². The van der Waals surface area contributed by atoms with E-state index in [0.29, 0.717) is 24.3 Å². The van der Waals surface area contributed by atoms with E-state index in [1.807, 2.05) is 32.9 Å². The fraction of sp³-hybridized carbons (Fsp3) is 0.459. The molecule has 0 aromatic heterocycles. The minimum absolute atomic E-state index is 0.0185. The lowest BCUT2D eigenvalue weighted by atomic mass is 9.72. The molecule has 3 unspecified atom stereocenters. The summed E-state index contributed by atoms with van der Waals surface area (Å²) in [5.41, 5.74) is 15.6. The second-order valence-electron chi connectivity index (χ2n) is 14.3. The van der Waals surface area contributed by atoms with Crippen molar-refractivity contribution >= 4 is 32.3 Å². The molecule has 7 rings (SSSR count). The lowest BCUT2D eigenvalue weighted by Gasteiger charge is -2.41. The highest BCUT2D eigenvalue weighted by Crippen LogP contribution is 2.53. The van der Waals surface area contributed by atoms with Crippen LogP contribution in [0.4, 0.5) is 0 Å². The molecular formula is C37H44N7O4P. The lowest BCUT2D eigenvalue weighted by molar-refractivity contribution is -0.140. The van der Waals surface area contributed by atoms with Gasteiger partial charge in [-0.2, -0.15) is 10.2 Å². The topological polar surface area (TPSA) is 167 Å². The van der Waals surface area contributed by atoms with Gasteiger partial charge in [0.1, 0.15) is 11.3 Å². The molecule has 0 spiro atoms. The zero-order chi connectivity index (χ0) is 35.4. The van der Waals surface area contributed by atoms with Crippen LogP contribution in [0.2, 0.25) is 0 Å². The Morgan fingerprint density at radius 1 is 1.06 bits per heavy atom. The van der Waals surface area contributed by atoms with Gasteiger partial charge in [0.2, 0.25) is 5.47 Å². The molecule has 256 valence electrons. The number of hydrogen-bond acceptors (Lipinski definition) is 11. The first kappa shape index (κ1) is 33.4. The predicted octanol–water partition coefficient (Wildman–Crippen LogP) is 6.07. The summed E-state index contributed by atoms with van der Waals surface area (Å²) in [6, 6.07) is 0. The van der Waals surface area contributed by atoms with E-state index in [-0.39, 0.29) is 24.2 Å². The minimum atomic E-state index is -1.68. The van der Waals surface area contributed by atoms with Gasteiger partial charge in [0, 0.05) is 52.8 Å². The largest absolute Gasteiger partial charge is 0.511 e. The van der Waals surface area contributed by atoms with E-state index in [9.17, 15) is 15.0 Å². The molecule has 0 aromatic rings. The predicted molar refractivity (Wildman–Crippen MR) is 194 cm³/mol. The van der Waals surface area contributed by atoms with Gasteiger partial charge >= 0.3 is 5.97 Å². The Hall–Kier alpha value is -4.05. The van der Waals surface area contributed by atoms with E-state index in [4.69, 9.17) is 25.4 Å². The van der Waals surface area contributed by atoms with Crippen molar-refractivity contribution < 1.29 is 19.7 Å². The maximum Gasteiger partial charge on any atom is 0.305 e. The summed E-state index contributed by atoms with van der Waals surface area (Å²) in [6.45, 7) is 14.0. The highest BCUT2D eigenvalue weighted by Gasteiger charge is 2.62. The van der Waals surface area contributed by atoms with E-state index in [1.54, 1.807) is 6.92 Å². The number of rotatable bonds is 5. The Labute approximate surface area is 289 Å². The first-order valence-corrected chi connectivity index (χ1v) is 17.4. The summed E-state index contributed by atoms with van der Waals surface area (Å²) < 4.78 is 5.01. The number of methoxy groups -OCH3 is 1. The number of carbonyl (C=O) groups is 1. The van der Waals surface area contributed by atoms with Gasteiger partial charge in [-0.05, 0) is 88.0 Å².